The number of carbonyl (C=O) groups is 1. The van der Waals surface area contributed by atoms with Crippen LogP contribution >= 0.6 is 11.6 Å². The number of hydrogen-bond acceptors (Lipinski definition) is 4. The van der Waals surface area contributed by atoms with Gasteiger partial charge in [-0.2, -0.15) is 0 Å². The number of ether oxygens (including phenoxy) is 2. The van der Waals surface area contributed by atoms with Gasteiger partial charge in [-0.25, -0.2) is 4.98 Å². The fourth-order valence-electron chi connectivity index (χ4n) is 2.37. The monoisotopic (exact) mass is 382 g/mol. The van der Waals surface area contributed by atoms with Crippen LogP contribution in [0.1, 0.15) is 5.56 Å². The van der Waals surface area contributed by atoms with Crippen molar-refractivity contribution < 1.29 is 14.3 Å². The van der Waals surface area contributed by atoms with E-state index in [0.717, 1.165) is 5.56 Å². The summed E-state index contributed by atoms with van der Waals surface area (Å²) in [4.78, 5) is 16.0. The second-order valence-corrected chi connectivity index (χ2v) is 6.20. The highest BCUT2D eigenvalue weighted by Gasteiger charge is 2.04. The molecular formula is C21H19ClN2O3. The van der Waals surface area contributed by atoms with Crippen LogP contribution in [0.3, 0.4) is 0 Å². The molecule has 3 rings (SSSR count). The Morgan fingerprint density at radius 3 is 2.56 bits per heavy atom. The molecule has 1 aromatic heterocycles. The predicted molar refractivity (Wildman–Crippen MR) is 104 cm³/mol. The second kappa shape index (κ2) is 9.59. The van der Waals surface area contributed by atoms with Crippen molar-refractivity contribution in [3.8, 4) is 17.4 Å². The minimum absolute atomic E-state index is 0.0456. The van der Waals surface area contributed by atoms with E-state index in [4.69, 9.17) is 21.1 Å². The summed E-state index contributed by atoms with van der Waals surface area (Å²) in [6, 6.07) is 20.1. The zero-order valence-electron chi connectivity index (χ0n) is 14.6. The first kappa shape index (κ1) is 18.7. The Balaban J connectivity index is 1.39. The fraction of sp³-hybridized carbons (Fsp3) is 0.143. The third-order valence-electron chi connectivity index (χ3n) is 3.68. The van der Waals surface area contributed by atoms with Crippen molar-refractivity contribution in [3.05, 3.63) is 83.5 Å². The van der Waals surface area contributed by atoms with Crippen LogP contribution in [0.5, 0.6) is 17.4 Å². The molecule has 0 spiro atoms. The summed E-state index contributed by atoms with van der Waals surface area (Å²) in [5, 5.41) is 3.52. The van der Waals surface area contributed by atoms with Gasteiger partial charge in [0.2, 0.25) is 5.88 Å². The quantitative estimate of drug-likeness (QED) is 0.632. The van der Waals surface area contributed by atoms with E-state index in [1.54, 1.807) is 36.5 Å². The minimum Gasteiger partial charge on any atom is -0.484 e. The molecular weight excluding hydrogens is 364 g/mol. The Labute approximate surface area is 162 Å². The standard InChI is InChI=1S/C21H19ClN2O3/c22-17-5-3-4-16(14-17)11-13-23-20(25)15-26-18-7-9-19(10-8-18)27-21-6-1-2-12-24-21/h1-10,12,14H,11,13,15H2,(H,23,25). The molecule has 0 bridgehead atoms. The van der Waals surface area contributed by atoms with Crippen molar-refractivity contribution in [1.82, 2.24) is 10.3 Å². The number of rotatable bonds is 8. The van der Waals surface area contributed by atoms with Crippen molar-refractivity contribution in [3.63, 3.8) is 0 Å². The molecule has 0 atom stereocenters. The normalized spacial score (nSPS) is 10.3. The third kappa shape index (κ3) is 6.31. The SMILES string of the molecule is O=C(COc1ccc(Oc2ccccn2)cc1)NCCc1cccc(Cl)c1. The summed E-state index contributed by atoms with van der Waals surface area (Å²) >= 11 is 5.94. The minimum atomic E-state index is -0.175. The van der Waals surface area contributed by atoms with E-state index >= 15 is 0 Å². The van der Waals surface area contributed by atoms with Gasteiger partial charge in [0.1, 0.15) is 11.5 Å². The highest BCUT2D eigenvalue weighted by Crippen LogP contribution is 2.22. The van der Waals surface area contributed by atoms with Gasteiger partial charge in [-0.05, 0) is 54.4 Å². The molecule has 0 radical (unpaired) electrons. The highest BCUT2D eigenvalue weighted by atomic mass is 35.5. The number of aromatic nitrogens is 1. The summed E-state index contributed by atoms with van der Waals surface area (Å²) < 4.78 is 11.1. The smallest absolute Gasteiger partial charge is 0.257 e. The van der Waals surface area contributed by atoms with E-state index in [-0.39, 0.29) is 12.5 Å². The molecule has 0 unspecified atom stereocenters. The van der Waals surface area contributed by atoms with Crippen LogP contribution in [0.2, 0.25) is 5.02 Å². The molecule has 0 aliphatic rings. The lowest BCUT2D eigenvalue weighted by Crippen LogP contribution is -2.30. The summed E-state index contributed by atoms with van der Waals surface area (Å²) in [5.41, 5.74) is 1.08. The predicted octanol–water partition coefficient (Wildman–Crippen LogP) is 4.27. The van der Waals surface area contributed by atoms with Gasteiger partial charge in [0.05, 0.1) is 0 Å². The van der Waals surface area contributed by atoms with Crippen LogP contribution in [0, 0.1) is 0 Å². The van der Waals surface area contributed by atoms with E-state index < -0.39 is 0 Å². The summed E-state index contributed by atoms with van der Waals surface area (Å²) in [7, 11) is 0. The first-order valence-corrected chi connectivity index (χ1v) is 8.90. The first-order chi connectivity index (χ1) is 13.2. The molecule has 138 valence electrons. The number of halogens is 1. The largest absolute Gasteiger partial charge is 0.484 e. The molecule has 1 N–H and O–H groups in total. The molecule has 5 nitrogen and oxygen atoms in total. The molecule has 6 heteroatoms. The number of pyridine rings is 1. The molecule has 0 saturated heterocycles. The molecule has 1 heterocycles. The lowest BCUT2D eigenvalue weighted by molar-refractivity contribution is -0.123. The molecule has 2 aromatic carbocycles. The van der Waals surface area contributed by atoms with Gasteiger partial charge < -0.3 is 14.8 Å². The van der Waals surface area contributed by atoms with Crippen LogP contribution in [0.4, 0.5) is 0 Å². The molecule has 27 heavy (non-hydrogen) atoms. The second-order valence-electron chi connectivity index (χ2n) is 5.76. The number of benzene rings is 2. The van der Waals surface area contributed by atoms with Crippen LogP contribution in [0.15, 0.2) is 72.9 Å². The van der Waals surface area contributed by atoms with Crippen LogP contribution < -0.4 is 14.8 Å². The average Bonchev–Trinajstić information content (AvgIpc) is 2.68. The van der Waals surface area contributed by atoms with Gasteiger partial charge in [0.25, 0.3) is 5.91 Å². The summed E-state index contributed by atoms with van der Waals surface area (Å²) in [5.74, 6) is 1.58. The Morgan fingerprint density at radius 1 is 1.00 bits per heavy atom. The van der Waals surface area contributed by atoms with E-state index in [2.05, 4.69) is 10.3 Å². The number of nitrogens with one attached hydrogen (secondary N) is 1. The van der Waals surface area contributed by atoms with E-state index in [1.807, 2.05) is 36.4 Å². The Bertz CT molecular complexity index is 870. The molecule has 0 aliphatic heterocycles. The van der Waals surface area contributed by atoms with Crippen LogP contribution in [0.25, 0.3) is 0 Å². The lowest BCUT2D eigenvalue weighted by Gasteiger charge is -2.09. The van der Waals surface area contributed by atoms with E-state index in [9.17, 15) is 4.79 Å². The maximum Gasteiger partial charge on any atom is 0.257 e. The van der Waals surface area contributed by atoms with Crippen molar-refractivity contribution in [2.45, 2.75) is 6.42 Å². The molecule has 3 aromatic rings. The first-order valence-electron chi connectivity index (χ1n) is 8.52. The maximum absolute atomic E-state index is 11.9. The van der Waals surface area contributed by atoms with E-state index in [0.29, 0.717) is 35.4 Å². The number of amides is 1. The highest BCUT2D eigenvalue weighted by molar-refractivity contribution is 6.30. The Kier molecular flexibility index (Phi) is 6.66. The Morgan fingerprint density at radius 2 is 1.81 bits per heavy atom. The van der Waals surface area contributed by atoms with Crippen molar-refractivity contribution in [2.75, 3.05) is 13.2 Å². The molecule has 0 aliphatic carbocycles. The van der Waals surface area contributed by atoms with Crippen molar-refractivity contribution >= 4 is 17.5 Å². The lowest BCUT2D eigenvalue weighted by atomic mass is 10.1. The fourth-order valence-corrected chi connectivity index (χ4v) is 2.58. The number of nitrogens with zero attached hydrogens (tertiary/aromatic N) is 1. The van der Waals surface area contributed by atoms with Gasteiger partial charge in [-0.3, -0.25) is 4.79 Å². The number of carbonyl (C=O) groups excluding carboxylic acids is 1. The molecule has 0 fully saturated rings. The van der Waals surface area contributed by atoms with Crippen molar-refractivity contribution in [1.29, 1.82) is 0 Å². The topological polar surface area (TPSA) is 60.5 Å². The zero-order chi connectivity index (χ0) is 18.9. The van der Waals surface area contributed by atoms with Crippen LogP contribution in [-0.2, 0) is 11.2 Å². The van der Waals surface area contributed by atoms with Gasteiger partial charge in [0.15, 0.2) is 6.61 Å². The van der Waals surface area contributed by atoms with Gasteiger partial charge in [0, 0.05) is 23.8 Å². The average molecular weight is 383 g/mol. The van der Waals surface area contributed by atoms with Crippen molar-refractivity contribution in [2.24, 2.45) is 0 Å². The van der Waals surface area contributed by atoms with Gasteiger partial charge in [-0.1, -0.05) is 29.8 Å². The summed E-state index contributed by atoms with van der Waals surface area (Å²) in [6.07, 6.45) is 2.38. The maximum atomic E-state index is 11.9. The molecule has 1 amide bonds. The van der Waals surface area contributed by atoms with E-state index in [1.165, 1.54) is 0 Å². The van der Waals surface area contributed by atoms with Crippen LogP contribution in [-0.4, -0.2) is 24.0 Å². The van der Waals surface area contributed by atoms with Gasteiger partial charge in [-0.15, -0.1) is 0 Å². The summed E-state index contributed by atoms with van der Waals surface area (Å²) in [6.45, 7) is 0.482. The number of hydrogen-bond donors (Lipinski definition) is 1. The van der Waals surface area contributed by atoms with Gasteiger partial charge >= 0.3 is 0 Å². The zero-order valence-corrected chi connectivity index (χ0v) is 15.4. The molecule has 0 saturated carbocycles. The third-order valence-corrected chi connectivity index (χ3v) is 3.91. The Hall–Kier alpha value is -3.05.